The number of hydrogen-bond donors (Lipinski definition) is 2. The van der Waals surface area contributed by atoms with Crippen LogP contribution in [-0.4, -0.2) is 23.6 Å². The van der Waals surface area contributed by atoms with Crippen molar-refractivity contribution in [1.82, 2.24) is 5.32 Å². The Labute approximate surface area is 226 Å². The van der Waals surface area contributed by atoms with Gasteiger partial charge in [-0.3, -0.25) is 14.4 Å². The summed E-state index contributed by atoms with van der Waals surface area (Å²) in [6, 6.07) is 26.2. The summed E-state index contributed by atoms with van der Waals surface area (Å²) in [6.07, 6.45) is 5.37. The summed E-state index contributed by atoms with van der Waals surface area (Å²) in [7, 11) is 0. The molecule has 1 saturated carbocycles. The van der Waals surface area contributed by atoms with Gasteiger partial charge in [0.05, 0.1) is 12.1 Å². The number of rotatable bonds is 7. The van der Waals surface area contributed by atoms with Gasteiger partial charge in [-0.2, -0.15) is 10.1 Å². The normalized spacial score (nSPS) is 16.6. The summed E-state index contributed by atoms with van der Waals surface area (Å²) in [5, 5.41) is 11.0. The minimum atomic E-state index is -0.553. The molecule has 3 aromatic rings. The zero-order valence-corrected chi connectivity index (χ0v) is 21.8. The predicted octanol–water partition coefficient (Wildman–Crippen LogP) is 5.91. The van der Waals surface area contributed by atoms with E-state index in [1.165, 1.54) is 23.2 Å². The average Bonchev–Trinajstić information content (AvgIpc) is 3.33. The molecule has 5 rings (SSSR count). The van der Waals surface area contributed by atoms with Gasteiger partial charge in [-0.15, -0.1) is 11.8 Å². The largest absolute Gasteiger partial charge is 0.326 e. The van der Waals surface area contributed by atoms with Gasteiger partial charge in [0.1, 0.15) is 11.1 Å². The van der Waals surface area contributed by atoms with E-state index in [0.29, 0.717) is 11.5 Å². The molecule has 0 saturated heterocycles. The van der Waals surface area contributed by atoms with Crippen molar-refractivity contribution in [2.24, 2.45) is 11.0 Å². The third-order valence-corrected chi connectivity index (χ3v) is 8.00. The van der Waals surface area contributed by atoms with Crippen molar-refractivity contribution in [3.63, 3.8) is 0 Å². The number of thioether (sulfide) groups is 1. The third kappa shape index (κ3) is 6.31. The van der Waals surface area contributed by atoms with Gasteiger partial charge in [0, 0.05) is 16.5 Å². The van der Waals surface area contributed by atoms with Gasteiger partial charge in [-0.05, 0) is 54.8 Å². The van der Waals surface area contributed by atoms with Gasteiger partial charge in [0.15, 0.2) is 0 Å². The quantitative estimate of drug-likeness (QED) is 0.375. The van der Waals surface area contributed by atoms with Gasteiger partial charge in [-0.1, -0.05) is 67.8 Å². The SMILES string of the molecule is O=C(Nc1ccc(SC(C(=O)NC2=NN(c3ccccc3)C(=O)C2)c2ccccc2)cc1)C1CCCCC1. The van der Waals surface area contributed by atoms with Crippen LogP contribution in [0, 0.1) is 5.92 Å². The zero-order valence-electron chi connectivity index (χ0n) is 21.0. The molecule has 1 atom stereocenters. The van der Waals surface area contributed by atoms with E-state index in [1.807, 2.05) is 72.8 Å². The Hall–Kier alpha value is -3.91. The lowest BCUT2D eigenvalue weighted by molar-refractivity contribution is -0.121. The van der Waals surface area contributed by atoms with Crippen molar-refractivity contribution >= 4 is 46.7 Å². The molecule has 1 aliphatic carbocycles. The molecule has 194 valence electrons. The molecule has 7 nitrogen and oxygen atoms in total. The van der Waals surface area contributed by atoms with E-state index in [0.717, 1.165) is 41.8 Å². The highest BCUT2D eigenvalue weighted by molar-refractivity contribution is 8.00. The van der Waals surface area contributed by atoms with Crippen LogP contribution in [-0.2, 0) is 14.4 Å². The van der Waals surface area contributed by atoms with E-state index in [9.17, 15) is 14.4 Å². The van der Waals surface area contributed by atoms with E-state index in [4.69, 9.17) is 0 Å². The Kier molecular flexibility index (Phi) is 8.19. The van der Waals surface area contributed by atoms with Crippen LogP contribution in [0.5, 0.6) is 0 Å². The standard InChI is InChI=1S/C30H30N4O3S/c35-27-20-26(33-34(27)24-14-8-3-9-15-24)32-30(37)28(21-10-4-1-5-11-21)38-25-18-16-23(17-19-25)31-29(36)22-12-6-2-7-13-22/h1,3-5,8-11,14-19,22,28H,2,6-7,12-13,20H2,(H,31,36)(H,32,33,37). The Morgan fingerprint density at radius 1 is 0.842 bits per heavy atom. The Balaban J connectivity index is 1.27. The number of nitrogens with zero attached hydrogens (tertiary/aromatic N) is 2. The highest BCUT2D eigenvalue weighted by atomic mass is 32.2. The summed E-state index contributed by atoms with van der Waals surface area (Å²) in [6.45, 7) is 0. The molecule has 0 aromatic heterocycles. The first kappa shape index (κ1) is 25.7. The fourth-order valence-electron chi connectivity index (χ4n) is 4.74. The molecule has 1 aliphatic heterocycles. The number of anilines is 2. The first-order valence-electron chi connectivity index (χ1n) is 13.0. The van der Waals surface area contributed by atoms with Crippen molar-refractivity contribution in [1.29, 1.82) is 0 Å². The monoisotopic (exact) mass is 526 g/mol. The minimum absolute atomic E-state index is 0.0300. The highest BCUT2D eigenvalue weighted by Crippen LogP contribution is 2.36. The molecule has 0 radical (unpaired) electrons. The molecule has 2 N–H and O–H groups in total. The molecule has 3 amide bonds. The van der Waals surface area contributed by atoms with Crippen LogP contribution in [0.4, 0.5) is 11.4 Å². The lowest BCUT2D eigenvalue weighted by Crippen LogP contribution is -2.33. The molecule has 0 bridgehead atoms. The van der Waals surface area contributed by atoms with Crippen LogP contribution in [0.1, 0.15) is 49.3 Å². The van der Waals surface area contributed by atoms with Gasteiger partial charge in [0.25, 0.3) is 5.91 Å². The second-order valence-electron chi connectivity index (χ2n) is 9.51. The lowest BCUT2D eigenvalue weighted by Gasteiger charge is -2.21. The minimum Gasteiger partial charge on any atom is -0.326 e. The molecule has 38 heavy (non-hydrogen) atoms. The van der Waals surface area contributed by atoms with Crippen molar-refractivity contribution in [3.8, 4) is 0 Å². The van der Waals surface area contributed by atoms with Gasteiger partial charge in [-0.25, -0.2) is 0 Å². The molecule has 2 aliphatic rings. The average molecular weight is 527 g/mol. The number of hydrogen-bond acceptors (Lipinski definition) is 5. The van der Waals surface area contributed by atoms with Gasteiger partial charge in [0.2, 0.25) is 11.8 Å². The highest BCUT2D eigenvalue weighted by Gasteiger charge is 2.29. The van der Waals surface area contributed by atoms with E-state index in [2.05, 4.69) is 15.7 Å². The van der Waals surface area contributed by atoms with Gasteiger partial charge < -0.3 is 10.6 Å². The van der Waals surface area contributed by atoms with Crippen LogP contribution >= 0.6 is 11.8 Å². The van der Waals surface area contributed by atoms with Crippen LogP contribution < -0.4 is 15.6 Å². The number of carbonyl (C=O) groups excluding carboxylic acids is 3. The topological polar surface area (TPSA) is 90.9 Å². The number of amides is 3. The second kappa shape index (κ2) is 12.1. The van der Waals surface area contributed by atoms with E-state index >= 15 is 0 Å². The maximum atomic E-state index is 13.4. The summed E-state index contributed by atoms with van der Waals surface area (Å²) in [5.74, 6) is 0.0556. The smallest absolute Gasteiger partial charge is 0.255 e. The Bertz CT molecular complexity index is 1310. The number of para-hydroxylation sites is 1. The molecule has 1 heterocycles. The maximum absolute atomic E-state index is 13.4. The Morgan fingerprint density at radius 2 is 1.50 bits per heavy atom. The van der Waals surface area contributed by atoms with Crippen LogP contribution in [0.15, 0.2) is 94.9 Å². The number of amidine groups is 1. The lowest BCUT2D eigenvalue weighted by atomic mass is 9.88. The molecule has 3 aromatic carbocycles. The fourth-order valence-corrected chi connectivity index (χ4v) is 5.77. The van der Waals surface area contributed by atoms with Crippen molar-refractivity contribution in [3.05, 3.63) is 90.5 Å². The van der Waals surface area contributed by atoms with Gasteiger partial charge >= 0.3 is 0 Å². The summed E-state index contributed by atoms with van der Waals surface area (Å²) >= 11 is 1.41. The fraction of sp³-hybridized carbons (Fsp3) is 0.267. The van der Waals surface area contributed by atoms with Crippen molar-refractivity contribution in [2.45, 2.75) is 48.7 Å². The number of hydrazone groups is 1. The molecular formula is C30H30N4O3S. The van der Waals surface area contributed by atoms with E-state index in [1.54, 1.807) is 12.1 Å². The number of benzene rings is 3. The summed E-state index contributed by atoms with van der Waals surface area (Å²) in [4.78, 5) is 39.5. The number of nitrogens with one attached hydrogen (secondary N) is 2. The molecular weight excluding hydrogens is 496 g/mol. The molecule has 8 heteroatoms. The summed E-state index contributed by atoms with van der Waals surface area (Å²) in [5.41, 5.74) is 2.26. The first-order valence-corrected chi connectivity index (χ1v) is 13.8. The molecule has 1 unspecified atom stereocenters. The molecule has 0 spiro atoms. The molecule has 1 fully saturated rings. The predicted molar refractivity (Wildman–Crippen MR) is 151 cm³/mol. The van der Waals surface area contributed by atoms with E-state index in [-0.39, 0.29) is 30.1 Å². The summed E-state index contributed by atoms with van der Waals surface area (Å²) < 4.78 is 0. The second-order valence-corrected chi connectivity index (χ2v) is 10.7. The third-order valence-electron chi connectivity index (χ3n) is 6.74. The van der Waals surface area contributed by atoms with Crippen LogP contribution in [0.25, 0.3) is 0 Å². The van der Waals surface area contributed by atoms with Crippen LogP contribution in [0.3, 0.4) is 0 Å². The zero-order chi connectivity index (χ0) is 26.3. The van der Waals surface area contributed by atoms with Crippen molar-refractivity contribution in [2.75, 3.05) is 10.3 Å². The number of carbonyl (C=O) groups is 3. The van der Waals surface area contributed by atoms with E-state index < -0.39 is 5.25 Å². The maximum Gasteiger partial charge on any atom is 0.255 e. The van der Waals surface area contributed by atoms with Crippen molar-refractivity contribution < 1.29 is 14.4 Å². The Morgan fingerprint density at radius 3 is 2.18 bits per heavy atom. The van der Waals surface area contributed by atoms with Crippen LogP contribution in [0.2, 0.25) is 0 Å². The first-order chi connectivity index (χ1) is 18.6.